The summed E-state index contributed by atoms with van der Waals surface area (Å²) in [6, 6.07) is 25.1. The average molecular weight is 513 g/mol. The van der Waals surface area contributed by atoms with Crippen LogP contribution in [0.1, 0.15) is 31.8 Å². The number of rotatable bonds is 11. The molecule has 8 heteroatoms. The highest BCUT2D eigenvalue weighted by molar-refractivity contribution is 6.09. The molecular weight excluding hydrogens is 484 g/mol. The van der Waals surface area contributed by atoms with Gasteiger partial charge in [-0.1, -0.05) is 60.7 Å². The molecule has 0 spiro atoms. The first-order valence-corrected chi connectivity index (χ1v) is 11.8. The zero-order valence-corrected chi connectivity index (χ0v) is 21.1. The lowest BCUT2D eigenvalue weighted by atomic mass is 9.91. The third-order valence-corrected chi connectivity index (χ3v) is 5.92. The van der Waals surface area contributed by atoms with Crippen LogP contribution in [0.3, 0.4) is 0 Å². The van der Waals surface area contributed by atoms with Gasteiger partial charge in [0.25, 0.3) is 0 Å². The fourth-order valence-corrected chi connectivity index (χ4v) is 4.10. The fraction of sp³-hybridized carbons (Fsp3) is 0.133. The maximum absolute atomic E-state index is 12.7. The molecule has 4 aromatic carbocycles. The monoisotopic (exact) mass is 512 g/mol. The van der Waals surface area contributed by atoms with E-state index in [-0.39, 0.29) is 47.0 Å². The smallest absolute Gasteiger partial charge is 0.249 e. The lowest BCUT2D eigenvalue weighted by Gasteiger charge is -2.23. The first-order chi connectivity index (χ1) is 18.4. The van der Waals surface area contributed by atoms with Crippen LogP contribution in [0.15, 0.2) is 84.9 Å². The van der Waals surface area contributed by atoms with E-state index in [1.165, 1.54) is 26.4 Å². The molecule has 194 valence electrons. The highest BCUT2D eigenvalue weighted by Crippen LogP contribution is 2.49. The van der Waals surface area contributed by atoms with Crippen molar-refractivity contribution >= 4 is 11.8 Å². The van der Waals surface area contributed by atoms with Crippen molar-refractivity contribution in [3.05, 3.63) is 107 Å². The van der Waals surface area contributed by atoms with E-state index in [2.05, 4.69) is 0 Å². The topological polar surface area (TPSA) is 123 Å². The molecule has 0 aliphatic rings. The molecule has 0 aromatic heterocycles. The molecule has 0 heterocycles. The van der Waals surface area contributed by atoms with Crippen molar-refractivity contribution in [1.29, 1.82) is 0 Å². The highest BCUT2D eigenvalue weighted by Gasteiger charge is 2.29. The van der Waals surface area contributed by atoms with Gasteiger partial charge in [0, 0.05) is 11.1 Å². The third-order valence-electron chi connectivity index (χ3n) is 5.92. The highest BCUT2D eigenvalue weighted by atomic mass is 16.5. The standard InChI is InChI=1S/C30H28N2O6/c1-35-23-15-13-21(29(31)33)25(27(23)37-17-19-9-5-3-6-10-19)26-22(30(32)34)14-16-24(36-2)28(26)38-18-20-11-7-4-8-12-20/h3-16H,17-18H2,1-2H3,(H2,31,33)(H2,32,34). The number of methoxy groups -OCH3 is 2. The number of amides is 2. The van der Waals surface area contributed by atoms with Crippen LogP contribution in [-0.4, -0.2) is 26.0 Å². The van der Waals surface area contributed by atoms with Crippen molar-refractivity contribution in [3.8, 4) is 34.1 Å². The van der Waals surface area contributed by atoms with E-state index in [0.29, 0.717) is 11.5 Å². The predicted octanol–water partition coefficient (Wildman–Crippen LogP) is 4.73. The van der Waals surface area contributed by atoms with Gasteiger partial charge in [0.15, 0.2) is 23.0 Å². The lowest BCUT2D eigenvalue weighted by molar-refractivity contribution is 0.0990. The molecule has 4 rings (SSSR count). The van der Waals surface area contributed by atoms with Gasteiger partial charge in [0.2, 0.25) is 11.8 Å². The number of benzene rings is 4. The van der Waals surface area contributed by atoms with Crippen molar-refractivity contribution in [2.45, 2.75) is 13.2 Å². The summed E-state index contributed by atoms with van der Waals surface area (Å²) in [5.41, 5.74) is 14.0. The first-order valence-electron chi connectivity index (χ1n) is 11.8. The van der Waals surface area contributed by atoms with Crippen LogP contribution in [0.5, 0.6) is 23.0 Å². The van der Waals surface area contributed by atoms with Gasteiger partial charge in [-0.05, 0) is 35.4 Å². The summed E-state index contributed by atoms with van der Waals surface area (Å²) >= 11 is 0. The maximum Gasteiger partial charge on any atom is 0.249 e. The van der Waals surface area contributed by atoms with E-state index in [9.17, 15) is 9.59 Å². The molecule has 8 nitrogen and oxygen atoms in total. The molecule has 2 amide bonds. The van der Waals surface area contributed by atoms with E-state index in [1.54, 1.807) is 12.1 Å². The number of carbonyl (C=O) groups is 2. The number of carbonyl (C=O) groups excluding carboxylic acids is 2. The SMILES string of the molecule is COc1ccc(C(N)=O)c(-c2c(C(N)=O)ccc(OC)c2OCc2ccccc2)c1OCc1ccccc1. The second-order valence-electron chi connectivity index (χ2n) is 8.32. The van der Waals surface area contributed by atoms with Gasteiger partial charge in [0.05, 0.1) is 25.3 Å². The van der Waals surface area contributed by atoms with Crippen LogP contribution < -0.4 is 30.4 Å². The minimum Gasteiger partial charge on any atom is -0.493 e. The average Bonchev–Trinajstić information content (AvgIpc) is 2.94. The van der Waals surface area contributed by atoms with E-state index in [0.717, 1.165) is 11.1 Å². The second-order valence-corrected chi connectivity index (χ2v) is 8.32. The van der Waals surface area contributed by atoms with Gasteiger partial charge in [-0.2, -0.15) is 0 Å². The molecule has 38 heavy (non-hydrogen) atoms. The third kappa shape index (κ3) is 5.54. The zero-order valence-electron chi connectivity index (χ0n) is 21.1. The number of ether oxygens (including phenoxy) is 4. The van der Waals surface area contributed by atoms with Crippen LogP contribution in [0.25, 0.3) is 11.1 Å². The molecule has 0 aliphatic carbocycles. The van der Waals surface area contributed by atoms with Gasteiger partial charge in [-0.25, -0.2) is 0 Å². The van der Waals surface area contributed by atoms with Gasteiger partial charge in [-0.15, -0.1) is 0 Å². The normalized spacial score (nSPS) is 10.5. The van der Waals surface area contributed by atoms with Gasteiger partial charge in [-0.3, -0.25) is 9.59 Å². The van der Waals surface area contributed by atoms with Gasteiger partial charge in [0.1, 0.15) is 13.2 Å². The van der Waals surface area contributed by atoms with Crippen LogP contribution in [-0.2, 0) is 13.2 Å². The summed E-state index contributed by atoms with van der Waals surface area (Å²) in [5.74, 6) is -0.416. The van der Waals surface area contributed by atoms with Crippen LogP contribution in [0, 0.1) is 0 Å². The van der Waals surface area contributed by atoms with E-state index < -0.39 is 11.8 Å². The molecule has 0 radical (unpaired) electrons. The number of hydrogen-bond donors (Lipinski definition) is 2. The Morgan fingerprint density at radius 3 is 1.26 bits per heavy atom. The van der Waals surface area contributed by atoms with Crippen LogP contribution >= 0.6 is 0 Å². The molecule has 0 saturated carbocycles. The van der Waals surface area contributed by atoms with Gasteiger partial charge >= 0.3 is 0 Å². The molecular formula is C30H28N2O6. The molecule has 0 unspecified atom stereocenters. The molecule has 0 bridgehead atoms. The lowest BCUT2D eigenvalue weighted by Crippen LogP contribution is -2.17. The quantitative estimate of drug-likeness (QED) is 0.300. The Balaban J connectivity index is 1.97. The number of nitrogens with two attached hydrogens (primary N) is 2. The summed E-state index contributed by atoms with van der Waals surface area (Å²) in [7, 11) is 2.96. The first kappa shape index (κ1) is 26.1. The Morgan fingerprint density at radius 1 is 0.579 bits per heavy atom. The summed E-state index contributed by atoms with van der Waals surface area (Å²) in [6.45, 7) is 0.311. The van der Waals surface area contributed by atoms with Crippen molar-refractivity contribution in [3.63, 3.8) is 0 Å². The van der Waals surface area contributed by atoms with Crippen molar-refractivity contribution < 1.29 is 28.5 Å². The Morgan fingerprint density at radius 2 is 0.947 bits per heavy atom. The van der Waals surface area contributed by atoms with Crippen molar-refractivity contribution in [2.24, 2.45) is 11.5 Å². The largest absolute Gasteiger partial charge is 0.493 e. The minimum atomic E-state index is -0.737. The van der Waals surface area contributed by atoms with E-state index in [1.807, 2.05) is 60.7 Å². The number of primary amides is 2. The number of hydrogen-bond acceptors (Lipinski definition) is 6. The fourth-order valence-electron chi connectivity index (χ4n) is 4.10. The Hall–Kier alpha value is -4.98. The molecule has 0 atom stereocenters. The van der Waals surface area contributed by atoms with Crippen LogP contribution in [0.2, 0.25) is 0 Å². The molecule has 0 saturated heterocycles. The summed E-state index contributed by atoms with van der Waals surface area (Å²) < 4.78 is 23.7. The zero-order chi connectivity index (χ0) is 27.1. The Kier molecular flexibility index (Phi) is 8.13. The predicted molar refractivity (Wildman–Crippen MR) is 144 cm³/mol. The molecule has 0 aliphatic heterocycles. The van der Waals surface area contributed by atoms with Gasteiger partial charge < -0.3 is 30.4 Å². The summed E-state index contributed by atoms with van der Waals surface area (Å²) in [4.78, 5) is 25.4. The van der Waals surface area contributed by atoms with Crippen molar-refractivity contribution in [1.82, 2.24) is 0 Å². The molecule has 0 fully saturated rings. The second kappa shape index (κ2) is 11.8. The molecule has 4 aromatic rings. The van der Waals surface area contributed by atoms with Crippen LogP contribution in [0.4, 0.5) is 0 Å². The Labute approximate surface area is 220 Å². The Bertz CT molecular complexity index is 1330. The van der Waals surface area contributed by atoms with E-state index in [4.69, 9.17) is 30.4 Å². The summed E-state index contributed by atoms with van der Waals surface area (Å²) in [5, 5.41) is 0. The van der Waals surface area contributed by atoms with Crippen molar-refractivity contribution in [2.75, 3.05) is 14.2 Å². The van der Waals surface area contributed by atoms with E-state index >= 15 is 0 Å². The minimum absolute atomic E-state index is 0.0918. The molecule has 4 N–H and O–H groups in total. The summed E-state index contributed by atoms with van der Waals surface area (Å²) in [6.07, 6.45) is 0. The maximum atomic E-state index is 12.7.